The number of nitrogens with zero attached hydrogens (tertiary/aromatic N) is 1. The molecule has 0 unspecified atom stereocenters. The van der Waals surface area contributed by atoms with Gasteiger partial charge in [-0.15, -0.1) is 0 Å². The molecule has 10 nitrogen and oxygen atoms in total. The van der Waals surface area contributed by atoms with Crippen molar-refractivity contribution in [1.82, 2.24) is 10.2 Å². The van der Waals surface area contributed by atoms with E-state index in [1.54, 1.807) is 40.7 Å². The van der Waals surface area contributed by atoms with Gasteiger partial charge in [0.15, 0.2) is 0 Å². The largest absolute Gasteiger partial charge is 0.459 e. The van der Waals surface area contributed by atoms with E-state index in [0.717, 1.165) is 43.5 Å². The van der Waals surface area contributed by atoms with E-state index in [9.17, 15) is 32.3 Å². The standard InChI is InChI=1S/C43H53F4N5O5/c1-24(2)36(48)40(54)51-37(25(3)4)42(56)57-23-28-17-20-31(22-33(28)43(45,46)47)50-39(53)32-13-9-21-52(41(55)35-26(5)10-8-14-34(35)44)38(32)27-15-18-30(19-16-27)49-29-11-6-7-12-29/h8,10,14-20,22,24-25,29,32,36-38,49H,6-7,9,11-13,21,23,48H2,1-5H3,(H,50,53)(H,51,54)/t32-,36-,37-,38-/m0/s1. The SMILES string of the molecule is Cc1cccc(F)c1C(=O)N1CCC[C@H](C(=O)Nc2ccc(COC(=O)[C@@H](NC(=O)[C@@H](N)C(C)C)C(C)C)c(C(F)(F)F)c2)[C@@H]1c1ccc(NC2CCCC2)cc1. The number of carbonyl (C=O) groups is 4. The Morgan fingerprint density at radius 3 is 2.18 bits per heavy atom. The molecule has 0 aromatic heterocycles. The van der Waals surface area contributed by atoms with Crippen molar-refractivity contribution in [1.29, 1.82) is 0 Å². The number of aryl methyl sites for hydroxylation is 1. The molecule has 5 rings (SSSR count). The van der Waals surface area contributed by atoms with Gasteiger partial charge in [-0.05, 0) is 85.9 Å². The second kappa shape index (κ2) is 18.5. The number of anilines is 2. The Hall–Kier alpha value is -4.98. The molecule has 1 aliphatic carbocycles. The number of amides is 3. The smallest absolute Gasteiger partial charge is 0.416 e. The zero-order valence-corrected chi connectivity index (χ0v) is 33.0. The van der Waals surface area contributed by atoms with Crippen molar-refractivity contribution >= 4 is 35.1 Å². The molecule has 5 N–H and O–H groups in total. The number of hydrogen-bond donors (Lipinski definition) is 4. The van der Waals surface area contributed by atoms with E-state index in [1.165, 1.54) is 23.1 Å². The molecule has 308 valence electrons. The number of likely N-dealkylation sites (tertiary alicyclic amines) is 1. The first-order valence-electron chi connectivity index (χ1n) is 19.6. The molecule has 14 heteroatoms. The van der Waals surface area contributed by atoms with Crippen molar-refractivity contribution in [3.8, 4) is 0 Å². The normalized spacial score (nSPS) is 18.6. The van der Waals surface area contributed by atoms with Crippen LogP contribution in [0.5, 0.6) is 0 Å². The van der Waals surface area contributed by atoms with Gasteiger partial charge >= 0.3 is 12.1 Å². The number of rotatable bonds is 13. The number of halogens is 4. The van der Waals surface area contributed by atoms with Gasteiger partial charge in [-0.2, -0.15) is 13.2 Å². The third-order valence-corrected chi connectivity index (χ3v) is 10.9. The summed E-state index contributed by atoms with van der Waals surface area (Å²) in [6.07, 6.45) is 0.243. The number of piperidine rings is 1. The Labute approximate surface area is 331 Å². The molecule has 0 spiro atoms. The van der Waals surface area contributed by atoms with Gasteiger partial charge in [-0.1, -0.05) is 70.9 Å². The van der Waals surface area contributed by atoms with Crippen molar-refractivity contribution in [2.75, 3.05) is 17.2 Å². The van der Waals surface area contributed by atoms with Crippen LogP contribution in [0.4, 0.5) is 28.9 Å². The summed E-state index contributed by atoms with van der Waals surface area (Å²) in [5.74, 6) is -4.95. The summed E-state index contributed by atoms with van der Waals surface area (Å²) in [5, 5.41) is 8.71. The minimum Gasteiger partial charge on any atom is -0.459 e. The molecule has 0 radical (unpaired) electrons. The molecule has 57 heavy (non-hydrogen) atoms. The van der Waals surface area contributed by atoms with Crippen LogP contribution >= 0.6 is 0 Å². The Bertz CT molecular complexity index is 1890. The third-order valence-electron chi connectivity index (χ3n) is 10.9. The fourth-order valence-electron chi connectivity index (χ4n) is 7.61. The van der Waals surface area contributed by atoms with Gasteiger partial charge < -0.3 is 31.3 Å². The number of nitrogens with two attached hydrogens (primary N) is 1. The lowest BCUT2D eigenvalue weighted by Crippen LogP contribution is -2.52. The average Bonchev–Trinajstić information content (AvgIpc) is 3.68. The maximum absolute atomic E-state index is 15.1. The number of hydrogen-bond acceptors (Lipinski definition) is 7. The highest BCUT2D eigenvalue weighted by molar-refractivity contribution is 5.98. The van der Waals surface area contributed by atoms with Gasteiger partial charge in [-0.3, -0.25) is 14.4 Å². The van der Waals surface area contributed by atoms with E-state index in [0.29, 0.717) is 30.0 Å². The van der Waals surface area contributed by atoms with E-state index in [1.807, 2.05) is 24.3 Å². The molecule has 1 saturated heterocycles. The molecule has 3 amide bonds. The maximum atomic E-state index is 15.1. The van der Waals surface area contributed by atoms with E-state index in [4.69, 9.17) is 10.5 Å². The molecule has 1 heterocycles. The number of benzene rings is 3. The lowest BCUT2D eigenvalue weighted by atomic mass is 9.83. The van der Waals surface area contributed by atoms with E-state index in [2.05, 4.69) is 16.0 Å². The molecule has 1 saturated carbocycles. The number of nitrogens with one attached hydrogen (secondary N) is 3. The molecule has 1 aliphatic heterocycles. The fourth-order valence-corrected chi connectivity index (χ4v) is 7.61. The van der Waals surface area contributed by atoms with Gasteiger partial charge in [0.2, 0.25) is 11.8 Å². The summed E-state index contributed by atoms with van der Waals surface area (Å²) in [5.41, 5.74) is 6.12. The Kier molecular flexibility index (Phi) is 14.0. The summed E-state index contributed by atoms with van der Waals surface area (Å²) >= 11 is 0. The lowest BCUT2D eigenvalue weighted by molar-refractivity contribution is -0.152. The highest BCUT2D eigenvalue weighted by Crippen LogP contribution is 2.40. The zero-order valence-electron chi connectivity index (χ0n) is 33.0. The average molecular weight is 796 g/mol. The van der Waals surface area contributed by atoms with Crippen molar-refractivity contribution < 1.29 is 41.5 Å². The predicted octanol–water partition coefficient (Wildman–Crippen LogP) is 7.91. The van der Waals surface area contributed by atoms with Crippen molar-refractivity contribution in [3.63, 3.8) is 0 Å². The first-order valence-corrected chi connectivity index (χ1v) is 19.6. The molecule has 4 atom stereocenters. The van der Waals surface area contributed by atoms with Crippen molar-refractivity contribution in [2.45, 2.75) is 110 Å². The highest BCUT2D eigenvalue weighted by Gasteiger charge is 2.41. The monoisotopic (exact) mass is 795 g/mol. The van der Waals surface area contributed by atoms with Crippen molar-refractivity contribution in [2.24, 2.45) is 23.5 Å². The van der Waals surface area contributed by atoms with Crippen LogP contribution < -0.4 is 21.7 Å². The molecule has 3 aromatic rings. The number of carbonyl (C=O) groups excluding carboxylic acids is 4. The second-order valence-corrected chi connectivity index (χ2v) is 15.8. The summed E-state index contributed by atoms with van der Waals surface area (Å²) in [6, 6.07) is 12.4. The Morgan fingerprint density at radius 2 is 1.56 bits per heavy atom. The molecular weight excluding hydrogens is 742 g/mol. The van der Waals surface area contributed by atoms with Crippen LogP contribution in [0.1, 0.15) is 105 Å². The molecule has 2 fully saturated rings. The van der Waals surface area contributed by atoms with E-state index < -0.39 is 77.8 Å². The first-order chi connectivity index (χ1) is 27.0. The third kappa shape index (κ3) is 10.5. The van der Waals surface area contributed by atoms with Gasteiger partial charge in [0.25, 0.3) is 5.91 Å². The minimum atomic E-state index is -4.89. The van der Waals surface area contributed by atoms with Gasteiger partial charge in [0, 0.05) is 29.5 Å². The van der Waals surface area contributed by atoms with Crippen LogP contribution in [0.15, 0.2) is 60.7 Å². The van der Waals surface area contributed by atoms with Crippen LogP contribution in [0.2, 0.25) is 0 Å². The van der Waals surface area contributed by atoms with Gasteiger partial charge in [0.1, 0.15) is 18.5 Å². The summed E-state index contributed by atoms with van der Waals surface area (Å²) < 4.78 is 63.9. The highest BCUT2D eigenvalue weighted by atomic mass is 19.4. The lowest BCUT2D eigenvalue weighted by Gasteiger charge is -2.41. The maximum Gasteiger partial charge on any atom is 0.416 e. The number of esters is 1. The predicted molar refractivity (Wildman–Crippen MR) is 209 cm³/mol. The first kappa shape index (κ1) is 43.1. The summed E-state index contributed by atoms with van der Waals surface area (Å²) in [6.45, 7) is 7.91. The summed E-state index contributed by atoms with van der Waals surface area (Å²) in [4.78, 5) is 55.3. The molecule has 0 bridgehead atoms. The number of alkyl halides is 3. The Balaban J connectivity index is 1.39. The molecule has 3 aromatic carbocycles. The van der Waals surface area contributed by atoms with Crippen LogP contribution in [0, 0.1) is 30.5 Å². The Morgan fingerprint density at radius 1 is 0.895 bits per heavy atom. The van der Waals surface area contributed by atoms with Crippen LogP contribution in [-0.2, 0) is 31.9 Å². The van der Waals surface area contributed by atoms with Crippen molar-refractivity contribution in [3.05, 3.63) is 94.3 Å². The fraction of sp³-hybridized carbons (Fsp3) is 0.488. The minimum absolute atomic E-state index is 0.101. The van der Waals surface area contributed by atoms with Crippen LogP contribution in [0.3, 0.4) is 0 Å². The summed E-state index contributed by atoms with van der Waals surface area (Å²) in [7, 11) is 0. The van der Waals surface area contributed by atoms with Crippen LogP contribution in [-0.4, -0.2) is 53.3 Å². The second-order valence-electron chi connectivity index (χ2n) is 15.8. The topological polar surface area (TPSA) is 143 Å². The van der Waals surface area contributed by atoms with E-state index in [-0.39, 0.29) is 29.3 Å². The quantitative estimate of drug-likeness (QED) is 0.102. The van der Waals surface area contributed by atoms with Gasteiger partial charge in [0.05, 0.1) is 29.1 Å². The van der Waals surface area contributed by atoms with E-state index >= 15 is 4.39 Å². The van der Waals surface area contributed by atoms with Gasteiger partial charge in [-0.25, -0.2) is 9.18 Å². The number of ether oxygens (including phenoxy) is 1. The molecular formula is C43H53F4N5O5. The van der Waals surface area contributed by atoms with Crippen LogP contribution in [0.25, 0.3) is 0 Å². The molecule has 2 aliphatic rings. The zero-order chi connectivity index (χ0) is 41.6.